The molecule has 2 fully saturated rings. The Kier molecular flexibility index (Phi) is 3.95. The summed E-state index contributed by atoms with van der Waals surface area (Å²) in [6.07, 6.45) is 2.42. The number of carboxylic acids is 1. The van der Waals surface area contributed by atoms with Crippen LogP contribution in [0.1, 0.15) is 42.9 Å². The Balaban J connectivity index is 1.78. The maximum atomic E-state index is 11.3. The van der Waals surface area contributed by atoms with Crippen molar-refractivity contribution in [3.63, 3.8) is 0 Å². The number of hydrogen-bond acceptors (Lipinski definition) is 6. The number of aliphatic carboxylic acids is 1. The fourth-order valence-electron chi connectivity index (χ4n) is 3.37. The molecule has 0 aromatic carbocycles. The molecule has 2 aliphatic rings. The van der Waals surface area contributed by atoms with Gasteiger partial charge in [-0.2, -0.15) is 4.98 Å². The second kappa shape index (κ2) is 5.73. The van der Waals surface area contributed by atoms with Crippen molar-refractivity contribution in [2.45, 2.75) is 31.2 Å². The molecular weight excluding hydrogens is 272 g/mol. The Labute approximate surface area is 123 Å². The first-order valence-electron chi connectivity index (χ1n) is 7.51. The third-order valence-corrected chi connectivity index (χ3v) is 4.76. The fourth-order valence-corrected chi connectivity index (χ4v) is 3.37. The first-order valence-corrected chi connectivity index (χ1v) is 7.51. The highest BCUT2D eigenvalue weighted by Gasteiger charge is 2.38. The van der Waals surface area contributed by atoms with E-state index in [1.54, 1.807) is 0 Å². The molecule has 1 aromatic rings. The molecule has 1 saturated carbocycles. The van der Waals surface area contributed by atoms with Crippen molar-refractivity contribution >= 4 is 5.97 Å². The lowest BCUT2D eigenvalue weighted by atomic mass is 9.96. The Hall–Kier alpha value is -1.47. The fraction of sp³-hybridized carbons (Fsp3) is 0.786. The van der Waals surface area contributed by atoms with Crippen molar-refractivity contribution in [1.29, 1.82) is 0 Å². The number of carbonyl (C=O) groups is 1. The van der Waals surface area contributed by atoms with Crippen LogP contribution in [0.5, 0.6) is 0 Å². The minimum atomic E-state index is -0.758. The van der Waals surface area contributed by atoms with Crippen LogP contribution in [0.4, 0.5) is 0 Å². The molecule has 3 unspecified atom stereocenters. The van der Waals surface area contributed by atoms with Crippen molar-refractivity contribution in [3.8, 4) is 0 Å². The molecule has 1 aromatic heterocycles. The third kappa shape index (κ3) is 2.80. The predicted octanol–water partition coefficient (Wildman–Crippen LogP) is 0.956. The first kappa shape index (κ1) is 14.5. The van der Waals surface area contributed by atoms with E-state index < -0.39 is 5.97 Å². The zero-order valence-electron chi connectivity index (χ0n) is 12.5. The summed E-state index contributed by atoms with van der Waals surface area (Å²) < 4.78 is 5.40. The average molecular weight is 294 g/mol. The van der Waals surface area contributed by atoms with Gasteiger partial charge in [-0.15, -0.1) is 0 Å². The maximum Gasteiger partial charge on any atom is 0.307 e. The van der Waals surface area contributed by atoms with E-state index in [9.17, 15) is 9.90 Å². The van der Waals surface area contributed by atoms with Gasteiger partial charge in [0.15, 0.2) is 5.82 Å². The van der Waals surface area contributed by atoms with Crippen LogP contribution in [-0.4, -0.2) is 64.7 Å². The largest absolute Gasteiger partial charge is 0.481 e. The summed E-state index contributed by atoms with van der Waals surface area (Å²) in [4.78, 5) is 20.3. The number of aromatic nitrogens is 2. The molecular formula is C14H22N4O3. The normalized spacial score (nSPS) is 31.6. The topological polar surface area (TPSA) is 82.7 Å². The number of hydrogen-bond donors (Lipinski definition) is 1. The molecule has 0 amide bonds. The Morgan fingerprint density at radius 1 is 1.33 bits per heavy atom. The van der Waals surface area contributed by atoms with E-state index >= 15 is 0 Å². The molecule has 1 N–H and O–H groups in total. The van der Waals surface area contributed by atoms with Crippen LogP contribution in [0.25, 0.3) is 0 Å². The molecule has 116 valence electrons. The van der Waals surface area contributed by atoms with E-state index in [0.29, 0.717) is 18.1 Å². The molecule has 0 bridgehead atoms. The second-order valence-electron chi connectivity index (χ2n) is 6.23. The van der Waals surface area contributed by atoms with Gasteiger partial charge in [0, 0.05) is 19.6 Å². The summed E-state index contributed by atoms with van der Waals surface area (Å²) in [6.45, 7) is 2.86. The smallest absolute Gasteiger partial charge is 0.307 e. The number of nitrogens with zero attached hydrogens (tertiary/aromatic N) is 4. The van der Waals surface area contributed by atoms with Crippen LogP contribution in [0, 0.1) is 5.92 Å². The molecule has 0 spiro atoms. The van der Waals surface area contributed by atoms with Crippen molar-refractivity contribution in [2.75, 3.05) is 33.7 Å². The van der Waals surface area contributed by atoms with Gasteiger partial charge in [-0.3, -0.25) is 9.69 Å². The van der Waals surface area contributed by atoms with Gasteiger partial charge in [-0.05, 0) is 26.9 Å². The summed E-state index contributed by atoms with van der Waals surface area (Å²) in [5, 5.41) is 13.4. The standard InChI is InChI=1S/C14H22N4O3/c1-17-6-7-18(2)11(8-17)12-15-13(21-16-12)9-4-3-5-10(9)14(19)20/h9-11H,3-8H2,1-2H3,(H,19,20). The quantitative estimate of drug-likeness (QED) is 0.888. The summed E-state index contributed by atoms with van der Waals surface area (Å²) in [7, 11) is 4.14. The highest BCUT2D eigenvalue weighted by molar-refractivity contribution is 5.71. The van der Waals surface area contributed by atoms with Gasteiger partial charge < -0.3 is 14.5 Å². The van der Waals surface area contributed by atoms with Gasteiger partial charge >= 0.3 is 5.97 Å². The van der Waals surface area contributed by atoms with Crippen molar-refractivity contribution in [3.05, 3.63) is 11.7 Å². The highest BCUT2D eigenvalue weighted by atomic mass is 16.5. The summed E-state index contributed by atoms with van der Waals surface area (Å²) >= 11 is 0. The van der Waals surface area contributed by atoms with E-state index in [4.69, 9.17) is 4.52 Å². The minimum absolute atomic E-state index is 0.117. The monoisotopic (exact) mass is 294 g/mol. The van der Waals surface area contributed by atoms with Crippen LogP contribution in [0.15, 0.2) is 4.52 Å². The molecule has 7 nitrogen and oxygen atoms in total. The molecule has 3 atom stereocenters. The summed E-state index contributed by atoms with van der Waals surface area (Å²) in [5.41, 5.74) is 0. The van der Waals surface area contributed by atoms with Gasteiger partial charge in [0.2, 0.25) is 5.89 Å². The molecule has 21 heavy (non-hydrogen) atoms. The van der Waals surface area contributed by atoms with Gasteiger partial charge in [0.25, 0.3) is 0 Å². The number of likely N-dealkylation sites (N-methyl/N-ethyl adjacent to an activating group) is 2. The van der Waals surface area contributed by atoms with Crippen LogP contribution in [0.2, 0.25) is 0 Å². The summed E-state index contributed by atoms with van der Waals surface area (Å²) in [6, 6.07) is 0.117. The Morgan fingerprint density at radius 2 is 2.14 bits per heavy atom. The Bertz CT molecular complexity index is 518. The van der Waals surface area contributed by atoms with Gasteiger partial charge in [-0.1, -0.05) is 11.6 Å². The van der Waals surface area contributed by atoms with Gasteiger partial charge in [-0.25, -0.2) is 0 Å². The van der Waals surface area contributed by atoms with E-state index in [1.807, 2.05) is 0 Å². The zero-order valence-corrected chi connectivity index (χ0v) is 12.5. The molecule has 1 aliphatic carbocycles. The zero-order chi connectivity index (χ0) is 15.0. The number of carboxylic acid groups (broad SMARTS) is 1. The molecule has 0 radical (unpaired) electrons. The van der Waals surface area contributed by atoms with Crippen LogP contribution in [0.3, 0.4) is 0 Å². The predicted molar refractivity (Wildman–Crippen MR) is 74.9 cm³/mol. The van der Waals surface area contributed by atoms with Gasteiger partial charge in [0.1, 0.15) is 0 Å². The second-order valence-corrected chi connectivity index (χ2v) is 6.23. The average Bonchev–Trinajstić information content (AvgIpc) is 3.08. The maximum absolute atomic E-state index is 11.3. The lowest BCUT2D eigenvalue weighted by Gasteiger charge is -2.35. The van der Waals surface area contributed by atoms with Crippen LogP contribution >= 0.6 is 0 Å². The lowest BCUT2D eigenvalue weighted by molar-refractivity contribution is -0.142. The van der Waals surface area contributed by atoms with Crippen LogP contribution < -0.4 is 0 Å². The van der Waals surface area contributed by atoms with Gasteiger partial charge in [0.05, 0.1) is 17.9 Å². The lowest BCUT2D eigenvalue weighted by Crippen LogP contribution is -2.45. The highest BCUT2D eigenvalue weighted by Crippen LogP contribution is 2.39. The van der Waals surface area contributed by atoms with E-state index in [-0.39, 0.29) is 17.9 Å². The number of rotatable bonds is 3. The Morgan fingerprint density at radius 3 is 2.90 bits per heavy atom. The van der Waals surface area contributed by atoms with E-state index in [0.717, 1.165) is 32.5 Å². The SMILES string of the molecule is CN1CCN(C)C(c2noc(C3CCCC3C(=O)O)n2)C1. The third-order valence-electron chi connectivity index (χ3n) is 4.76. The van der Waals surface area contributed by atoms with E-state index in [2.05, 4.69) is 34.0 Å². The first-order chi connectivity index (χ1) is 10.1. The van der Waals surface area contributed by atoms with Crippen molar-refractivity contribution < 1.29 is 14.4 Å². The van der Waals surface area contributed by atoms with Crippen LogP contribution in [-0.2, 0) is 4.79 Å². The molecule has 2 heterocycles. The summed E-state index contributed by atoms with van der Waals surface area (Å²) in [5.74, 6) is -0.0983. The van der Waals surface area contributed by atoms with Crippen molar-refractivity contribution in [2.24, 2.45) is 5.92 Å². The minimum Gasteiger partial charge on any atom is -0.481 e. The van der Waals surface area contributed by atoms with E-state index in [1.165, 1.54) is 0 Å². The molecule has 3 rings (SSSR count). The number of piperazine rings is 1. The van der Waals surface area contributed by atoms with Crippen molar-refractivity contribution in [1.82, 2.24) is 19.9 Å². The molecule has 7 heteroatoms. The molecule has 1 aliphatic heterocycles. The molecule has 1 saturated heterocycles.